The molecule has 0 spiro atoms. The third-order valence-corrected chi connectivity index (χ3v) is 3.32. The van der Waals surface area contributed by atoms with E-state index in [1.807, 2.05) is 17.5 Å². The van der Waals surface area contributed by atoms with E-state index in [1.54, 1.807) is 17.4 Å². The van der Waals surface area contributed by atoms with Crippen molar-refractivity contribution in [3.63, 3.8) is 0 Å². The van der Waals surface area contributed by atoms with Gasteiger partial charge in [0.25, 0.3) is 0 Å². The van der Waals surface area contributed by atoms with Crippen LogP contribution < -0.4 is 0 Å². The lowest BCUT2D eigenvalue weighted by molar-refractivity contribution is 0.592. The van der Waals surface area contributed by atoms with Gasteiger partial charge in [0.15, 0.2) is 0 Å². The first-order valence-corrected chi connectivity index (χ1v) is 5.54. The van der Waals surface area contributed by atoms with E-state index in [1.165, 1.54) is 5.56 Å². The van der Waals surface area contributed by atoms with Crippen molar-refractivity contribution in [2.24, 2.45) is 0 Å². The van der Waals surface area contributed by atoms with Gasteiger partial charge in [-0.2, -0.15) is 0 Å². The highest BCUT2D eigenvalue weighted by Crippen LogP contribution is 2.34. The molecule has 0 radical (unpaired) electrons. The summed E-state index contributed by atoms with van der Waals surface area (Å²) in [5.74, 6) is -0.116. The topological polar surface area (TPSA) is 0 Å². The Kier molecular flexibility index (Phi) is 2.11. The van der Waals surface area contributed by atoms with E-state index in [4.69, 9.17) is 0 Å². The predicted octanol–water partition coefficient (Wildman–Crippen LogP) is 4.34. The molecule has 0 bridgehead atoms. The quantitative estimate of drug-likeness (QED) is 0.604. The molecule has 0 aliphatic heterocycles. The van der Waals surface area contributed by atoms with Crippen LogP contribution in [0.4, 0.5) is 4.39 Å². The fourth-order valence-corrected chi connectivity index (χ4v) is 2.75. The van der Waals surface area contributed by atoms with Gasteiger partial charge in [-0.05, 0) is 28.5 Å². The lowest BCUT2D eigenvalue weighted by Crippen LogP contribution is -2.11. The molecule has 2 rings (SSSR count). The van der Waals surface area contributed by atoms with Crippen LogP contribution in [0.5, 0.6) is 0 Å². The van der Waals surface area contributed by atoms with Crippen LogP contribution in [-0.2, 0) is 5.41 Å². The Morgan fingerprint density at radius 1 is 1.14 bits per heavy atom. The van der Waals surface area contributed by atoms with E-state index in [0.29, 0.717) is 0 Å². The second kappa shape index (κ2) is 3.06. The summed E-state index contributed by atoms with van der Waals surface area (Å²) < 4.78 is 14.5. The molecule has 1 heterocycles. The molecule has 0 atom stereocenters. The molecule has 0 saturated carbocycles. The third-order valence-electron chi connectivity index (χ3n) is 2.37. The minimum atomic E-state index is -0.116. The largest absolute Gasteiger partial charge is 0.206 e. The Labute approximate surface area is 87.4 Å². The van der Waals surface area contributed by atoms with E-state index in [9.17, 15) is 4.39 Å². The highest BCUT2D eigenvalue weighted by atomic mass is 32.1. The summed E-state index contributed by atoms with van der Waals surface area (Å²) >= 11 is 1.61. The zero-order valence-corrected chi connectivity index (χ0v) is 9.41. The molecular weight excluding hydrogens is 195 g/mol. The molecule has 2 heteroatoms. The average molecular weight is 208 g/mol. The first-order chi connectivity index (χ1) is 6.50. The van der Waals surface area contributed by atoms with Crippen LogP contribution in [0.1, 0.15) is 26.3 Å². The number of benzene rings is 1. The number of hydrogen-bond donors (Lipinski definition) is 0. The standard InChI is InChI=1S/C12H13FS/c1-12(2,3)9-4-5-10(13)8-6-7-14-11(8)9/h4-7H,1-3H3. The van der Waals surface area contributed by atoms with Crippen LogP contribution >= 0.6 is 11.3 Å². The lowest BCUT2D eigenvalue weighted by atomic mass is 9.86. The summed E-state index contributed by atoms with van der Waals surface area (Å²) in [6, 6.07) is 5.31. The van der Waals surface area contributed by atoms with Crippen molar-refractivity contribution in [2.45, 2.75) is 26.2 Å². The molecule has 0 fully saturated rings. The fourth-order valence-electron chi connectivity index (χ4n) is 1.62. The van der Waals surface area contributed by atoms with Crippen molar-refractivity contribution in [3.05, 3.63) is 35.0 Å². The van der Waals surface area contributed by atoms with Crippen LogP contribution in [0.2, 0.25) is 0 Å². The average Bonchev–Trinajstić information content (AvgIpc) is 2.50. The molecule has 14 heavy (non-hydrogen) atoms. The Bertz CT molecular complexity index is 463. The molecule has 0 aliphatic rings. The van der Waals surface area contributed by atoms with E-state index >= 15 is 0 Å². The number of halogens is 1. The Hall–Kier alpha value is -0.890. The predicted molar refractivity (Wildman–Crippen MR) is 60.5 cm³/mol. The SMILES string of the molecule is CC(C)(C)c1ccc(F)c2ccsc12. The van der Waals surface area contributed by atoms with Gasteiger partial charge < -0.3 is 0 Å². The lowest BCUT2D eigenvalue weighted by Gasteiger charge is -2.19. The highest BCUT2D eigenvalue weighted by Gasteiger charge is 2.18. The molecule has 2 aromatic rings. The van der Waals surface area contributed by atoms with Gasteiger partial charge in [0, 0.05) is 10.1 Å². The fraction of sp³-hybridized carbons (Fsp3) is 0.333. The molecule has 1 aromatic carbocycles. The Morgan fingerprint density at radius 2 is 1.86 bits per heavy atom. The number of rotatable bonds is 0. The van der Waals surface area contributed by atoms with Crippen molar-refractivity contribution in [1.29, 1.82) is 0 Å². The van der Waals surface area contributed by atoms with E-state index < -0.39 is 0 Å². The minimum Gasteiger partial charge on any atom is -0.206 e. The summed E-state index contributed by atoms with van der Waals surface area (Å²) in [4.78, 5) is 0. The van der Waals surface area contributed by atoms with Crippen molar-refractivity contribution < 1.29 is 4.39 Å². The van der Waals surface area contributed by atoms with E-state index in [-0.39, 0.29) is 11.2 Å². The zero-order chi connectivity index (χ0) is 10.3. The molecule has 0 N–H and O–H groups in total. The van der Waals surface area contributed by atoms with Crippen LogP contribution in [0, 0.1) is 5.82 Å². The zero-order valence-electron chi connectivity index (χ0n) is 8.60. The van der Waals surface area contributed by atoms with Gasteiger partial charge in [-0.1, -0.05) is 26.8 Å². The van der Waals surface area contributed by atoms with Gasteiger partial charge in [-0.15, -0.1) is 11.3 Å². The number of fused-ring (bicyclic) bond motifs is 1. The maximum Gasteiger partial charge on any atom is 0.131 e. The van der Waals surface area contributed by atoms with Crippen LogP contribution in [0.3, 0.4) is 0 Å². The number of thiophene rings is 1. The van der Waals surface area contributed by atoms with Crippen LogP contribution in [-0.4, -0.2) is 0 Å². The summed E-state index contributed by atoms with van der Waals surface area (Å²) in [6.45, 7) is 6.46. The van der Waals surface area contributed by atoms with Gasteiger partial charge >= 0.3 is 0 Å². The van der Waals surface area contributed by atoms with Crippen molar-refractivity contribution in [2.75, 3.05) is 0 Å². The maximum absolute atomic E-state index is 13.4. The highest BCUT2D eigenvalue weighted by molar-refractivity contribution is 7.17. The van der Waals surface area contributed by atoms with Crippen LogP contribution in [0.25, 0.3) is 10.1 Å². The van der Waals surface area contributed by atoms with Gasteiger partial charge in [-0.3, -0.25) is 0 Å². The second-order valence-electron chi connectivity index (χ2n) is 4.51. The van der Waals surface area contributed by atoms with Crippen molar-refractivity contribution in [1.82, 2.24) is 0 Å². The Morgan fingerprint density at radius 3 is 2.50 bits per heavy atom. The summed E-state index contributed by atoms with van der Waals surface area (Å²) in [5, 5.41) is 2.70. The van der Waals surface area contributed by atoms with Gasteiger partial charge in [-0.25, -0.2) is 4.39 Å². The smallest absolute Gasteiger partial charge is 0.131 e. The summed E-state index contributed by atoms with van der Waals surface area (Å²) in [7, 11) is 0. The van der Waals surface area contributed by atoms with Crippen molar-refractivity contribution >= 4 is 21.4 Å². The first kappa shape index (κ1) is 9.66. The molecule has 1 aromatic heterocycles. The molecule has 74 valence electrons. The van der Waals surface area contributed by atoms with E-state index in [0.717, 1.165) is 10.1 Å². The first-order valence-electron chi connectivity index (χ1n) is 4.66. The molecule has 0 amide bonds. The van der Waals surface area contributed by atoms with E-state index in [2.05, 4.69) is 20.8 Å². The summed E-state index contributed by atoms with van der Waals surface area (Å²) in [6.07, 6.45) is 0. The normalized spacial score (nSPS) is 12.3. The van der Waals surface area contributed by atoms with Gasteiger partial charge in [0.2, 0.25) is 0 Å². The third kappa shape index (κ3) is 1.44. The van der Waals surface area contributed by atoms with Gasteiger partial charge in [0.05, 0.1) is 0 Å². The second-order valence-corrected chi connectivity index (χ2v) is 5.42. The Balaban J connectivity index is 2.80. The van der Waals surface area contributed by atoms with Crippen molar-refractivity contribution in [3.8, 4) is 0 Å². The van der Waals surface area contributed by atoms with Crippen LogP contribution in [0.15, 0.2) is 23.6 Å². The minimum absolute atomic E-state index is 0.0802. The molecule has 0 saturated heterocycles. The van der Waals surface area contributed by atoms with Gasteiger partial charge in [0.1, 0.15) is 5.82 Å². The molecule has 0 unspecified atom stereocenters. The molecule has 0 aliphatic carbocycles. The number of hydrogen-bond acceptors (Lipinski definition) is 1. The maximum atomic E-state index is 13.4. The molecule has 0 nitrogen and oxygen atoms in total. The monoisotopic (exact) mass is 208 g/mol. The summed E-state index contributed by atoms with van der Waals surface area (Å²) in [5.41, 5.74) is 1.31. The molecular formula is C12H13FS.